The fourth-order valence-corrected chi connectivity index (χ4v) is 2.52. The van der Waals surface area contributed by atoms with E-state index < -0.39 is 0 Å². The Morgan fingerprint density at radius 3 is 3.06 bits per heavy atom. The third-order valence-electron chi connectivity index (χ3n) is 3.53. The number of rotatable bonds is 3. The zero-order valence-electron chi connectivity index (χ0n) is 10.2. The fourth-order valence-electron chi connectivity index (χ4n) is 2.52. The molecule has 2 aromatic heterocycles. The predicted octanol–water partition coefficient (Wildman–Crippen LogP) is 2.12. The van der Waals surface area contributed by atoms with Gasteiger partial charge in [-0.05, 0) is 37.3 Å². The van der Waals surface area contributed by atoms with Gasteiger partial charge in [0, 0.05) is 25.6 Å². The van der Waals surface area contributed by atoms with E-state index in [1.807, 2.05) is 22.9 Å². The summed E-state index contributed by atoms with van der Waals surface area (Å²) < 4.78 is 7.29. The Morgan fingerprint density at radius 2 is 2.28 bits per heavy atom. The zero-order valence-corrected chi connectivity index (χ0v) is 10.2. The fraction of sp³-hybridized carbons (Fsp3) is 0.429. The van der Waals surface area contributed by atoms with E-state index in [-0.39, 0.29) is 0 Å². The number of nitrogens with zero attached hydrogens (tertiary/aromatic N) is 2. The first kappa shape index (κ1) is 11.4. The molecule has 18 heavy (non-hydrogen) atoms. The molecule has 2 aromatic rings. The first-order valence-electron chi connectivity index (χ1n) is 6.36. The van der Waals surface area contributed by atoms with Gasteiger partial charge in [0.1, 0.15) is 5.65 Å². The second kappa shape index (κ2) is 4.90. The van der Waals surface area contributed by atoms with E-state index in [1.165, 1.54) is 0 Å². The molecule has 0 radical (unpaired) electrons. The van der Waals surface area contributed by atoms with Crippen molar-refractivity contribution in [1.82, 2.24) is 9.38 Å². The van der Waals surface area contributed by atoms with Crippen molar-refractivity contribution in [3.63, 3.8) is 0 Å². The van der Waals surface area contributed by atoms with Gasteiger partial charge in [0.25, 0.3) is 0 Å². The van der Waals surface area contributed by atoms with Crippen LogP contribution in [-0.2, 0) is 11.2 Å². The largest absolute Gasteiger partial charge is 0.381 e. The van der Waals surface area contributed by atoms with Crippen molar-refractivity contribution in [2.24, 2.45) is 5.92 Å². The van der Waals surface area contributed by atoms with Gasteiger partial charge in [-0.1, -0.05) is 0 Å². The second-order valence-corrected chi connectivity index (χ2v) is 4.80. The van der Waals surface area contributed by atoms with Crippen LogP contribution in [-0.4, -0.2) is 28.9 Å². The smallest absolute Gasteiger partial charge is 0.153 e. The zero-order chi connectivity index (χ0) is 12.4. The van der Waals surface area contributed by atoms with Gasteiger partial charge in [-0.25, -0.2) is 4.98 Å². The van der Waals surface area contributed by atoms with Crippen molar-refractivity contribution in [2.45, 2.75) is 19.3 Å². The summed E-state index contributed by atoms with van der Waals surface area (Å²) >= 11 is 0. The Hall–Kier alpha value is -1.68. The van der Waals surface area contributed by atoms with Gasteiger partial charge in [0.2, 0.25) is 0 Å². The van der Waals surface area contributed by atoms with Crippen LogP contribution in [0.15, 0.2) is 24.5 Å². The number of pyridine rings is 1. The first-order valence-corrected chi connectivity index (χ1v) is 6.36. The first-order chi connectivity index (χ1) is 8.86. The predicted molar refractivity (Wildman–Crippen MR) is 67.8 cm³/mol. The molecule has 0 spiro atoms. The van der Waals surface area contributed by atoms with Crippen molar-refractivity contribution in [3.05, 3.63) is 35.8 Å². The number of aromatic nitrogens is 2. The number of aldehydes is 1. The van der Waals surface area contributed by atoms with Crippen LogP contribution in [0.5, 0.6) is 0 Å². The van der Waals surface area contributed by atoms with Crippen molar-refractivity contribution >= 4 is 11.9 Å². The molecule has 3 heterocycles. The Kier molecular flexibility index (Phi) is 3.11. The van der Waals surface area contributed by atoms with Crippen LogP contribution in [0.25, 0.3) is 5.65 Å². The van der Waals surface area contributed by atoms with Crippen LogP contribution in [0.1, 0.15) is 28.9 Å². The molecule has 1 saturated heterocycles. The lowest BCUT2D eigenvalue weighted by molar-refractivity contribution is 0.0663. The maximum Gasteiger partial charge on any atom is 0.153 e. The van der Waals surface area contributed by atoms with Gasteiger partial charge < -0.3 is 9.14 Å². The van der Waals surface area contributed by atoms with E-state index in [1.54, 1.807) is 6.07 Å². The van der Waals surface area contributed by atoms with Gasteiger partial charge in [-0.15, -0.1) is 0 Å². The summed E-state index contributed by atoms with van der Waals surface area (Å²) in [7, 11) is 0. The van der Waals surface area contributed by atoms with Crippen molar-refractivity contribution in [2.75, 3.05) is 13.2 Å². The molecule has 4 nitrogen and oxygen atoms in total. The van der Waals surface area contributed by atoms with Gasteiger partial charge >= 0.3 is 0 Å². The highest BCUT2D eigenvalue weighted by molar-refractivity contribution is 5.84. The average Bonchev–Trinajstić information content (AvgIpc) is 2.82. The maximum atomic E-state index is 10.9. The molecule has 3 rings (SSSR count). The highest BCUT2D eigenvalue weighted by Gasteiger charge is 2.16. The molecule has 0 unspecified atom stereocenters. The van der Waals surface area contributed by atoms with Crippen LogP contribution in [0.2, 0.25) is 0 Å². The minimum atomic E-state index is 0.649. The van der Waals surface area contributed by atoms with Crippen LogP contribution < -0.4 is 0 Å². The average molecular weight is 244 g/mol. The van der Waals surface area contributed by atoms with E-state index >= 15 is 0 Å². The van der Waals surface area contributed by atoms with Crippen molar-refractivity contribution in [1.29, 1.82) is 0 Å². The molecule has 1 aliphatic heterocycles. The Balaban J connectivity index is 1.86. The van der Waals surface area contributed by atoms with Crippen LogP contribution in [0, 0.1) is 5.92 Å². The molecule has 1 aliphatic rings. The third-order valence-corrected chi connectivity index (χ3v) is 3.53. The minimum absolute atomic E-state index is 0.649. The maximum absolute atomic E-state index is 10.9. The van der Waals surface area contributed by atoms with Gasteiger partial charge in [-0.2, -0.15) is 0 Å². The molecule has 0 atom stereocenters. The number of imidazole rings is 1. The number of carbonyl (C=O) groups excluding carboxylic acids is 1. The molecular weight excluding hydrogens is 228 g/mol. The lowest BCUT2D eigenvalue weighted by atomic mass is 9.95. The molecule has 0 aromatic carbocycles. The summed E-state index contributed by atoms with van der Waals surface area (Å²) in [6.45, 7) is 1.72. The topological polar surface area (TPSA) is 43.6 Å². The Bertz CT molecular complexity index is 556. The lowest BCUT2D eigenvalue weighted by Gasteiger charge is -2.20. The van der Waals surface area contributed by atoms with E-state index in [0.29, 0.717) is 11.5 Å². The summed E-state index contributed by atoms with van der Waals surface area (Å²) in [5.74, 6) is 0.656. The minimum Gasteiger partial charge on any atom is -0.381 e. The summed E-state index contributed by atoms with van der Waals surface area (Å²) in [6, 6.07) is 3.67. The number of hydrogen-bond acceptors (Lipinski definition) is 3. The van der Waals surface area contributed by atoms with Gasteiger partial charge in [-0.3, -0.25) is 4.79 Å². The molecule has 0 saturated carbocycles. The molecule has 0 amide bonds. The van der Waals surface area contributed by atoms with Gasteiger partial charge in [0.15, 0.2) is 6.29 Å². The molecule has 0 N–H and O–H groups in total. The molecule has 4 heteroatoms. The Morgan fingerprint density at radius 1 is 1.44 bits per heavy atom. The highest BCUT2D eigenvalue weighted by Crippen LogP contribution is 2.20. The molecule has 0 bridgehead atoms. The standard InChI is InChI=1S/C14H16N2O2/c17-10-12-2-1-5-16-9-13(15-14(12)16)8-11-3-6-18-7-4-11/h1-2,5,9-11H,3-4,6-8H2. The monoisotopic (exact) mass is 244 g/mol. The van der Waals surface area contributed by atoms with Crippen molar-refractivity contribution in [3.8, 4) is 0 Å². The number of carbonyl (C=O) groups is 1. The molecular formula is C14H16N2O2. The summed E-state index contributed by atoms with van der Waals surface area (Å²) in [5, 5.41) is 0. The number of fused-ring (bicyclic) bond motifs is 1. The number of hydrogen-bond donors (Lipinski definition) is 0. The SMILES string of the molecule is O=Cc1cccn2cc(CC3CCOCC3)nc12. The van der Waals surface area contributed by atoms with E-state index in [2.05, 4.69) is 4.98 Å². The highest BCUT2D eigenvalue weighted by atomic mass is 16.5. The van der Waals surface area contributed by atoms with Crippen LogP contribution in [0.4, 0.5) is 0 Å². The number of ether oxygens (including phenoxy) is 1. The molecule has 0 aliphatic carbocycles. The summed E-state index contributed by atoms with van der Waals surface area (Å²) in [4.78, 5) is 15.5. The van der Waals surface area contributed by atoms with Crippen LogP contribution in [0.3, 0.4) is 0 Å². The van der Waals surface area contributed by atoms with Crippen molar-refractivity contribution < 1.29 is 9.53 Å². The van der Waals surface area contributed by atoms with Gasteiger partial charge in [0.05, 0.1) is 11.3 Å². The van der Waals surface area contributed by atoms with Crippen LogP contribution >= 0.6 is 0 Å². The summed E-state index contributed by atoms with van der Waals surface area (Å²) in [5.41, 5.74) is 2.47. The normalized spacial score (nSPS) is 17.1. The second-order valence-electron chi connectivity index (χ2n) is 4.80. The van der Waals surface area contributed by atoms with E-state index in [0.717, 1.165) is 50.1 Å². The Labute approximate surface area is 106 Å². The van der Waals surface area contributed by atoms with E-state index in [9.17, 15) is 4.79 Å². The lowest BCUT2D eigenvalue weighted by Crippen LogP contribution is -2.17. The third kappa shape index (κ3) is 2.16. The quantitative estimate of drug-likeness (QED) is 0.777. The van der Waals surface area contributed by atoms with E-state index in [4.69, 9.17) is 4.74 Å². The molecule has 94 valence electrons. The molecule has 1 fully saturated rings. The summed E-state index contributed by atoms with van der Waals surface area (Å²) in [6.07, 6.45) is 8.01.